The summed E-state index contributed by atoms with van der Waals surface area (Å²) in [5.41, 5.74) is 3.02. The molecule has 2 aromatic carbocycles. The van der Waals surface area contributed by atoms with E-state index in [2.05, 4.69) is 5.48 Å². The van der Waals surface area contributed by atoms with E-state index >= 15 is 0 Å². The van der Waals surface area contributed by atoms with Gasteiger partial charge in [-0.1, -0.05) is 30.3 Å². The maximum atomic E-state index is 12.9. The first-order valence-corrected chi connectivity index (χ1v) is 9.57. The summed E-state index contributed by atoms with van der Waals surface area (Å²) in [6.07, 6.45) is 0.482. The number of hydrogen-bond acceptors (Lipinski definition) is 6. The Morgan fingerprint density at radius 1 is 1.21 bits per heavy atom. The van der Waals surface area contributed by atoms with E-state index in [-0.39, 0.29) is 12.5 Å². The molecule has 1 amide bonds. The number of carbonyl (C=O) groups excluding carboxylic acids is 1. The molecule has 7 nitrogen and oxygen atoms in total. The highest BCUT2D eigenvalue weighted by Gasteiger charge is 2.50. The number of nitrogens with one attached hydrogen (secondary N) is 1. The number of hydroxylamine groups is 1. The summed E-state index contributed by atoms with van der Waals surface area (Å²) in [5.74, 6) is 0.749. The predicted molar refractivity (Wildman–Crippen MR) is 109 cm³/mol. The van der Waals surface area contributed by atoms with Crippen LogP contribution in [0.25, 0.3) is 0 Å². The van der Waals surface area contributed by atoms with Gasteiger partial charge in [-0.15, -0.1) is 0 Å². The highest BCUT2D eigenvalue weighted by atomic mass is 16.6. The molecule has 0 spiro atoms. The van der Waals surface area contributed by atoms with E-state index < -0.39 is 11.6 Å². The monoisotopic (exact) mass is 398 g/mol. The minimum absolute atomic E-state index is 0.0909. The van der Waals surface area contributed by atoms with Crippen LogP contribution in [0.5, 0.6) is 5.75 Å². The van der Waals surface area contributed by atoms with E-state index in [9.17, 15) is 4.79 Å². The fourth-order valence-corrected chi connectivity index (χ4v) is 3.23. The smallest absolute Gasteiger partial charge is 0.275 e. The molecule has 29 heavy (non-hydrogen) atoms. The second kappa shape index (κ2) is 9.54. The summed E-state index contributed by atoms with van der Waals surface area (Å²) in [4.78, 5) is 22.5. The van der Waals surface area contributed by atoms with Crippen molar-refractivity contribution >= 4 is 11.8 Å². The molecular formula is C22H26N2O5. The van der Waals surface area contributed by atoms with Crippen LogP contribution in [0.3, 0.4) is 0 Å². The second-order valence-electron chi connectivity index (χ2n) is 6.85. The Balaban J connectivity index is 1.86. The molecule has 1 aliphatic heterocycles. The summed E-state index contributed by atoms with van der Waals surface area (Å²) < 4.78 is 11.6. The van der Waals surface area contributed by atoms with Gasteiger partial charge in [-0.3, -0.25) is 9.63 Å². The number of amides is 1. The first-order chi connectivity index (χ1) is 14.1. The van der Waals surface area contributed by atoms with Crippen molar-refractivity contribution in [2.45, 2.75) is 31.4 Å². The van der Waals surface area contributed by atoms with Gasteiger partial charge < -0.3 is 14.6 Å². The number of rotatable bonds is 9. The molecule has 0 unspecified atom stereocenters. The Hall–Kier alpha value is -2.90. The molecule has 0 radical (unpaired) electrons. The number of nitrogens with zero attached hydrogens (tertiary/aromatic N) is 1. The molecule has 0 aromatic heterocycles. The number of hydrogen-bond donors (Lipinski definition) is 2. The lowest BCUT2D eigenvalue weighted by atomic mass is 9.86. The van der Waals surface area contributed by atoms with Crippen LogP contribution in [0.1, 0.15) is 24.5 Å². The summed E-state index contributed by atoms with van der Waals surface area (Å²) in [5, 5.41) is 8.84. The average Bonchev–Trinajstić information content (AvgIpc) is 3.07. The largest absolute Gasteiger partial charge is 0.494 e. The molecular weight excluding hydrogens is 372 g/mol. The highest BCUT2D eigenvalue weighted by molar-refractivity contribution is 6.00. The van der Waals surface area contributed by atoms with Crippen LogP contribution in [0.2, 0.25) is 0 Å². The molecule has 0 saturated heterocycles. The maximum absolute atomic E-state index is 12.9. The topological polar surface area (TPSA) is 89.4 Å². The third kappa shape index (κ3) is 4.75. The average molecular weight is 398 g/mol. The molecule has 0 bridgehead atoms. The Morgan fingerprint density at radius 3 is 2.59 bits per heavy atom. The van der Waals surface area contributed by atoms with Gasteiger partial charge in [-0.05, 0) is 36.8 Å². The molecule has 0 fully saturated rings. The van der Waals surface area contributed by atoms with Crippen molar-refractivity contribution in [2.24, 2.45) is 4.99 Å². The molecule has 0 saturated carbocycles. The maximum Gasteiger partial charge on any atom is 0.275 e. The number of aliphatic hydroxyl groups is 1. The summed E-state index contributed by atoms with van der Waals surface area (Å²) >= 11 is 0. The molecule has 7 heteroatoms. The molecule has 3 rings (SSSR count). The van der Waals surface area contributed by atoms with Crippen LogP contribution in [-0.2, 0) is 20.8 Å². The molecule has 2 N–H and O–H groups in total. The van der Waals surface area contributed by atoms with E-state index in [4.69, 9.17) is 24.4 Å². The standard InChI is InChI=1S/C22H26N2O5/c1-16-22(21(26)24-27-2,15-17-7-4-3-5-8-17)23-20(29-16)18-9-11-19(12-10-18)28-14-6-13-25/h3-5,7-12,16,25H,6,13-15H2,1-2H3,(H,24,26)/t16-,22-/m0/s1. The lowest BCUT2D eigenvalue weighted by Crippen LogP contribution is -2.52. The lowest BCUT2D eigenvalue weighted by molar-refractivity contribution is -0.139. The summed E-state index contributed by atoms with van der Waals surface area (Å²) in [7, 11) is 1.40. The minimum atomic E-state index is -1.14. The van der Waals surface area contributed by atoms with Crippen LogP contribution >= 0.6 is 0 Å². The van der Waals surface area contributed by atoms with Gasteiger partial charge in [-0.2, -0.15) is 0 Å². The van der Waals surface area contributed by atoms with Gasteiger partial charge in [0.05, 0.1) is 13.7 Å². The van der Waals surface area contributed by atoms with Crippen molar-refractivity contribution < 1.29 is 24.2 Å². The highest BCUT2D eigenvalue weighted by Crippen LogP contribution is 2.32. The van der Waals surface area contributed by atoms with Gasteiger partial charge in [0.2, 0.25) is 5.90 Å². The molecule has 1 aliphatic rings. The van der Waals surface area contributed by atoms with E-state index in [1.165, 1.54) is 7.11 Å². The van der Waals surface area contributed by atoms with Gasteiger partial charge in [0, 0.05) is 25.0 Å². The zero-order valence-corrected chi connectivity index (χ0v) is 16.6. The number of ether oxygens (including phenoxy) is 2. The summed E-state index contributed by atoms with van der Waals surface area (Å²) in [6, 6.07) is 17.0. The first kappa shape index (κ1) is 20.8. The van der Waals surface area contributed by atoms with Crippen molar-refractivity contribution in [3.63, 3.8) is 0 Å². The van der Waals surface area contributed by atoms with Crippen LogP contribution in [-0.4, -0.2) is 48.9 Å². The molecule has 1 heterocycles. The van der Waals surface area contributed by atoms with Crippen LogP contribution in [0.4, 0.5) is 0 Å². The molecule has 0 aliphatic carbocycles. The van der Waals surface area contributed by atoms with Crippen molar-refractivity contribution in [1.29, 1.82) is 0 Å². The number of aliphatic hydroxyl groups excluding tert-OH is 1. The predicted octanol–water partition coefficient (Wildman–Crippen LogP) is 2.27. The van der Waals surface area contributed by atoms with Crippen molar-refractivity contribution in [3.05, 3.63) is 65.7 Å². The fraction of sp³-hybridized carbons (Fsp3) is 0.364. The normalized spacial score (nSPS) is 20.7. The molecule has 2 atom stereocenters. The third-order valence-electron chi connectivity index (χ3n) is 4.84. The van der Waals surface area contributed by atoms with Gasteiger partial charge in [0.1, 0.15) is 11.9 Å². The third-order valence-corrected chi connectivity index (χ3v) is 4.84. The van der Waals surface area contributed by atoms with E-state index in [0.717, 1.165) is 11.1 Å². The number of carbonyl (C=O) groups is 1. The van der Waals surface area contributed by atoms with Crippen molar-refractivity contribution in [1.82, 2.24) is 5.48 Å². The lowest BCUT2D eigenvalue weighted by Gasteiger charge is -2.27. The Bertz CT molecular complexity index is 838. The first-order valence-electron chi connectivity index (χ1n) is 9.57. The van der Waals surface area contributed by atoms with E-state index in [1.807, 2.05) is 61.5 Å². The van der Waals surface area contributed by atoms with Crippen LogP contribution in [0.15, 0.2) is 59.6 Å². The van der Waals surface area contributed by atoms with Gasteiger partial charge in [0.15, 0.2) is 5.54 Å². The minimum Gasteiger partial charge on any atom is -0.494 e. The SMILES string of the molecule is CONC(=O)[C@@]1(Cc2ccccc2)N=C(c2ccc(OCCCO)cc2)O[C@H]1C. The van der Waals surface area contributed by atoms with Crippen LogP contribution < -0.4 is 10.2 Å². The number of benzene rings is 2. The zero-order chi connectivity index (χ0) is 20.7. The second-order valence-corrected chi connectivity index (χ2v) is 6.85. The van der Waals surface area contributed by atoms with Gasteiger partial charge in [0.25, 0.3) is 5.91 Å². The number of aliphatic imine (C=N–C) groups is 1. The van der Waals surface area contributed by atoms with Crippen molar-refractivity contribution in [2.75, 3.05) is 20.3 Å². The van der Waals surface area contributed by atoms with Gasteiger partial charge in [-0.25, -0.2) is 10.5 Å². The van der Waals surface area contributed by atoms with Crippen molar-refractivity contribution in [3.8, 4) is 5.75 Å². The quantitative estimate of drug-likeness (QED) is 0.500. The van der Waals surface area contributed by atoms with E-state index in [1.54, 1.807) is 0 Å². The molecule has 154 valence electrons. The summed E-state index contributed by atoms with van der Waals surface area (Å²) in [6.45, 7) is 2.37. The zero-order valence-electron chi connectivity index (χ0n) is 16.6. The Kier molecular flexibility index (Phi) is 6.85. The van der Waals surface area contributed by atoms with Gasteiger partial charge >= 0.3 is 0 Å². The molecule has 2 aromatic rings. The Labute approximate surface area is 170 Å². The fourth-order valence-electron chi connectivity index (χ4n) is 3.23. The van der Waals surface area contributed by atoms with E-state index in [0.29, 0.717) is 31.1 Å². The Morgan fingerprint density at radius 2 is 1.93 bits per heavy atom. The van der Waals surface area contributed by atoms with Crippen LogP contribution in [0, 0.1) is 0 Å².